The van der Waals surface area contributed by atoms with Gasteiger partial charge in [0.05, 0.1) is 19.9 Å². The van der Waals surface area contributed by atoms with Gasteiger partial charge in [0.1, 0.15) is 17.5 Å². The van der Waals surface area contributed by atoms with Crippen molar-refractivity contribution in [3.05, 3.63) is 64.7 Å². The van der Waals surface area contributed by atoms with E-state index in [0.29, 0.717) is 34.7 Å². The predicted molar refractivity (Wildman–Crippen MR) is 120 cm³/mol. The van der Waals surface area contributed by atoms with Crippen molar-refractivity contribution < 1.29 is 19.1 Å². The van der Waals surface area contributed by atoms with E-state index >= 15 is 0 Å². The first-order chi connectivity index (χ1) is 15.5. The molecule has 0 aromatic heterocycles. The van der Waals surface area contributed by atoms with Crippen molar-refractivity contribution in [1.82, 2.24) is 10.6 Å². The van der Waals surface area contributed by atoms with E-state index in [0.717, 1.165) is 12.8 Å². The van der Waals surface area contributed by atoms with Gasteiger partial charge in [0.15, 0.2) is 11.5 Å². The van der Waals surface area contributed by atoms with Crippen molar-refractivity contribution in [3.8, 4) is 17.6 Å². The van der Waals surface area contributed by atoms with Crippen LogP contribution in [0.1, 0.15) is 41.3 Å². The monoisotopic (exact) mass is 432 g/mol. The topological polar surface area (TPSA) is 113 Å². The molecule has 0 saturated carbocycles. The number of ether oxygens (including phenoxy) is 2. The number of hydrogen-bond acceptors (Lipinski definition) is 6. The van der Waals surface area contributed by atoms with Gasteiger partial charge in [-0.15, -0.1) is 0 Å². The molecular weight excluding hydrogens is 408 g/mol. The quantitative estimate of drug-likeness (QED) is 0.397. The number of rotatable bonds is 7. The molecule has 0 aliphatic carbocycles. The lowest BCUT2D eigenvalue weighted by Gasteiger charge is -2.10. The summed E-state index contributed by atoms with van der Waals surface area (Å²) in [6, 6.07) is 13.9. The maximum absolute atomic E-state index is 12.9. The van der Waals surface area contributed by atoms with Gasteiger partial charge >= 0.3 is 0 Å². The number of carbonyl (C=O) groups is 2. The third-order valence-corrected chi connectivity index (χ3v) is 4.93. The lowest BCUT2D eigenvalue weighted by molar-refractivity contribution is -0.117. The minimum Gasteiger partial charge on any atom is -0.493 e. The molecule has 8 heteroatoms. The van der Waals surface area contributed by atoms with Crippen molar-refractivity contribution in [2.45, 2.75) is 19.8 Å². The second-order valence-corrected chi connectivity index (χ2v) is 6.97. The molecule has 0 atom stereocenters. The molecule has 32 heavy (non-hydrogen) atoms. The van der Waals surface area contributed by atoms with Gasteiger partial charge in [-0.2, -0.15) is 5.26 Å². The van der Waals surface area contributed by atoms with Gasteiger partial charge in [-0.3, -0.25) is 9.59 Å². The Bertz CT molecular complexity index is 1140. The third kappa shape index (κ3) is 4.62. The molecule has 0 saturated heterocycles. The summed E-state index contributed by atoms with van der Waals surface area (Å²) in [5, 5.41) is 15.2. The molecular formula is C24H24N4O4. The van der Waals surface area contributed by atoms with Crippen LogP contribution in [0.25, 0.3) is 5.70 Å². The second kappa shape index (κ2) is 10.3. The Hall–Kier alpha value is -4.12. The van der Waals surface area contributed by atoms with Gasteiger partial charge in [0.25, 0.3) is 11.8 Å². The van der Waals surface area contributed by atoms with E-state index in [2.05, 4.69) is 15.6 Å². The number of nitrogens with zero attached hydrogens (tertiary/aromatic N) is 2. The number of amides is 2. The summed E-state index contributed by atoms with van der Waals surface area (Å²) in [4.78, 5) is 29.9. The molecule has 0 unspecified atom stereocenters. The molecule has 2 aromatic rings. The fourth-order valence-electron chi connectivity index (χ4n) is 3.25. The maximum Gasteiger partial charge on any atom is 0.264 e. The Labute approximate surface area is 186 Å². The summed E-state index contributed by atoms with van der Waals surface area (Å²) in [5.74, 6) is 0.300. The Morgan fingerprint density at radius 2 is 1.78 bits per heavy atom. The largest absolute Gasteiger partial charge is 0.493 e. The SMILES string of the molecule is CCCCNC(=O)C(C#N)=C1N=C(NC(=O)c2ccc(OC)c(OC)c2)c2ccccc21. The molecule has 0 bridgehead atoms. The fraction of sp³-hybridized carbons (Fsp3) is 0.250. The zero-order valence-electron chi connectivity index (χ0n) is 18.2. The number of unbranched alkanes of at least 4 members (excludes halogenated alkanes) is 1. The van der Waals surface area contributed by atoms with Gasteiger partial charge in [-0.1, -0.05) is 37.6 Å². The van der Waals surface area contributed by atoms with E-state index in [1.165, 1.54) is 14.2 Å². The van der Waals surface area contributed by atoms with Crippen LogP contribution in [0.4, 0.5) is 0 Å². The summed E-state index contributed by atoms with van der Waals surface area (Å²) in [6.45, 7) is 2.49. The average Bonchev–Trinajstić information content (AvgIpc) is 3.17. The van der Waals surface area contributed by atoms with E-state index < -0.39 is 11.8 Å². The number of methoxy groups -OCH3 is 2. The van der Waals surface area contributed by atoms with Crippen LogP contribution < -0.4 is 20.1 Å². The van der Waals surface area contributed by atoms with E-state index in [1.807, 2.05) is 13.0 Å². The highest BCUT2D eigenvalue weighted by atomic mass is 16.5. The van der Waals surface area contributed by atoms with Gasteiger partial charge < -0.3 is 20.1 Å². The molecule has 8 nitrogen and oxygen atoms in total. The Morgan fingerprint density at radius 3 is 2.44 bits per heavy atom. The van der Waals surface area contributed by atoms with Crippen LogP contribution in [0.3, 0.4) is 0 Å². The van der Waals surface area contributed by atoms with E-state index in [1.54, 1.807) is 42.5 Å². The molecule has 0 spiro atoms. The zero-order valence-corrected chi connectivity index (χ0v) is 18.2. The van der Waals surface area contributed by atoms with Gasteiger partial charge in [0, 0.05) is 23.2 Å². The highest BCUT2D eigenvalue weighted by Gasteiger charge is 2.27. The molecule has 164 valence electrons. The molecule has 0 fully saturated rings. The van der Waals surface area contributed by atoms with Crippen molar-refractivity contribution in [3.63, 3.8) is 0 Å². The molecule has 2 aromatic carbocycles. The minimum absolute atomic E-state index is 0.0936. The molecule has 1 aliphatic rings. The van der Waals surface area contributed by atoms with Crippen molar-refractivity contribution >= 4 is 23.3 Å². The number of nitriles is 1. The van der Waals surface area contributed by atoms with E-state index in [4.69, 9.17) is 9.47 Å². The first-order valence-electron chi connectivity index (χ1n) is 10.2. The maximum atomic E-state index is 12.9. The summed E-state index contributed by atoms with van der Waals surface area (Å²) in [6.07, 6.45) is 1.73. The van der Waals surface area contributed by atoms with Crippen molar-refractivity contribution in [2.24, 2.45) is 4.99 Å². The molecule has 1 aliphatic heterocycles. The molecule has 0 radical (unpaired) electrons. The number of aliphatic imine (C=N–C) groups is 1. The van der Waals surface area contributed by atoms with Crippen LogP contribution in [0.15, 0.2) is 53.0 Å². The third-order valence-electron chi connectivity index (χ3n) is 4.93. The van der Waals surface area contributed by atoms with Gasteiger partial charge in [-0.05, 0) is 24.6 Å². The number of benzene rings is 2. The highest BCUT2D eigenvalue weighted by Crippen LogP contribution is 2.31. The summed E-state index contributed by atoms with van der Waals surface area (Å²) >= 11 is 0. The molecule has 3 rings (SSSR count). The first-order valence-corrected chi connectivity index (χ1v) is 10.2. The standard InChI is InChI=1S/C24H24N4O4/c1-4-5-12-26-24(30)18(14-25)21-16-8-6-7-9-17(16)22(27-21)28-23(29)15-10-11-19(31-2)20(13-15)32-3/h6-11,13H,4-5,12H2,1-3H3,(H,26,30)(H,27,28,29). The number of amidine groups is 1. The van der Waals surface area contributed by atoms with E-state index in [-0.39, 0.29) is 17.1 Å². The van der Waals surface area contributed by atoms with Crippen LogP contribution in [0.5, 0.6) is 11.5 Å². The second-order valence-electron chi connectivity index (χ2n) is 6.97. The lowest BCUT2D eigenvalue weighted by atomic mass is 10.0. The fourth-order valence-corrected chi connectivity index (χ4v) is 3.25. The van der Waals surface area contributed by atoms with Crippen molar-refractivity contribution in [2.75, 3.05) is 20.8 Å². The molecule has 2 amide bonds. The summed E-state index contributed by atoms with van der Waals surface area (Å²) in [7, 11) is 3.00. The Kier molecular flexibility index (Phi) is 7.24. The van der Waals surface area contributed by atoms with Crippen LogP contribution >= 0.6 is 0 Å². The minimum atomic E-state index is -0.484. The summed E-state index contributed by atoms with van der Waals surface area (Å²) in [5.41, 5.74) is 1.73. The van der Waals surface area contributed by atoms with Crippen LogP contribution in [0.2, 0.25) is 0 Å². The van der Waals surface area contributed by atoms with Crippen LogP contribution in [-0.4, -0.2) is 38.4 Å². The number of hydrogen-bond donors (Lipinski definition) is 2. The lowest BCUT2D eigenvalue weighted by Crippen LogP contribution is -2.30. The van der Waals surface area contributed by atoms with Crippen molar-refractivity contribution in [1.29, 1.82) is 5.26 Å². The smallest absolute Gasteiger partial charge is 0.264 e. The highest BCUT2D eigenvalue weighted by molar-refractivity contribution is 6.20. The number of fused-ring (bicyclic) bond motifs is 1. The van der Waals surface area contributed by atoms with Gasteiger partial charge in [0.2, 0.25) is 0 Å². The number of nitrogens with one attached hydrogen (secondary N) is 2. The average molecular weight is 432 g/mol. The normalized spacial score (nSPS) is 13.4. The van der Waals surface area contributed by atoms with E-state index in [9.17, 15) is 14.9 Å². The zero-order chi connectivity index (χ0) is 23.1. The number of carbonyl (C=O) groups excluding carboxylic acids is 2. The Morgan fingerprint density at radius 1 is 1.06 bits per heavy atom. The molecule has 1 heterocycles. The van der Waals surface area contributed by atoms with Gasteiger partial charge in [-0.25, -0.2) is 4.99 Å². The first kappa shape index (κ1) is 22.6. The Balaban J connectivity index is 1.94. The predicted octanol–water partition coefficient (Wildman–Crippen LogP) is 3.04. The summed E-state index contributed by atoms with van der Waals surface area (Å²) < 4.78 is 10.5. The van der Waals surface area contributed by atoms with Crippen LogP contribution in [0, 0.1) is 11.3 Å². The molecule has 2 N–H and O–H groups in total. The van der Waals surface area contributed by atoms with Crippen LogP contribution in [-0.2, 0) is 4.79 Å².